The van der Waals surface area contributed by atoms with Crippen LogP contribution in [0.2, 0.25) is 0 Å². The molecule has 0 aliphatic heterocycles. The Balaban J connectivity index is 1.80. The number of amides is 2. The lowest BCUT2D eigenvalue weighted by molar-refractivity contribution is 0.0841. The first-order chi connectivity index (χ1) is 11.5. The van der Waals surface area contributed by atoms with Crippen LogP contribution in [-0.2, 0) is 7.05 Å². The molecule has 0 saturated carbocycles. The molecule has 3 aromatic rings. The fraction of sp³-hybridized carbons (Fsp3) is 0.167. The minimum Gasteiger partial charge on any atom is -0.347 e. The fourth-order valence-electron chi connectivity index (χ4n) is 2.56. The van der Waals surface area contributed by atoms with Crippen molar-refractivity contribution in [1.82, 2.24) is 20.4 Å². The Kier molecular flexibility index (Phi) is 4.04. The van der Waals surface area contributed by atoms with E-state index in [1.54, 1.807) is 42.9 Å². The van der Waals surface area contributed by atoms with Crippen molar-refractivity contribution in [3.8, 4) is 0 Å². The highest BCUT2D eigenvalue weighted by molar-refractivity contribution is 6.01. The zero-order valence-electron chi connectivity index (χ0n) is 13.8. The number of carbonyl (C=O) groups is 2. The van der Waals surface area contributed by atoms with Gasteiger partial charge in [0.25, 0.3) is 11.8 Å². The van der Waals surface area contributed by atoms with E-state index in [2.05, 4.69) is 15.8 Å². The first-order valence-electron chi connectivity index (χ1n) is 7.56. The van der Waals surface area contributed by atoms with Gasteiger partial charge in [0, 0.05) is 18.6 Å². The summed E-state index contributed by atoms with van der Waals surface area (Å²) in [5.74, 6) is -0.774. The Bertz CT molecular complexity index is 943. The molecule has 0 spiro atoms. The van der Waals surface area contributed by atoms with Gasteiger partial charge in [-0.2, -0.15) is 0 Å². The molecule has 6 heteroatoms. The summed E-state index contributed by atoms with van der Waals surface area (Å²) in [6, 6.07) is 11.1. The Labute approximate surface area is 139 Å². The summed E-state index contributed by atoms with van der Waals surface area (Å²) in [7, 11) is 1.76. The summed E-state index contributed by atoms with van der Waals surface area (Å²) in [6.07, 6.45) is 1.76. The van der Waals surface area contributed by atoms with Crippen LogP contribution in [0, 0.1) is 13.8 Å². The van der Waals surface area contributed by atoms with Crippen LogP contribution in [0.1, 0.15) is 32.1 Å². The number of rotatable bonds is 2. The Hall–Kier alpha value is -3.15. The van der Waals surface area contributed by atoms with Gasteiger partial charge in [-0.15, -0.1) is 0 Å². The van der Waals surface area contributed by atoms with Crippen LogP contribution in [-0.4, -0.2) is 21.4 Å². The molecule has 3 rings (SSSR count). The molecule has 122 valence electrons. The number of fused-ring (bicyclic) bond motifs is 1. The van der Waals surface area contributed by atoms with Gasteiger partial charge in [-0.05, 0) is 44.2 Å². The molecule has 6 nitrogen and oxygen atoms in total. The smallest absolute Gasteiger partial charge is 0.286 e. The monoisotopic (exact) mass is 322 g/mol. The van der Waals surface area contributed by atoms with E-state index in [1.807, 2.05) is 25.1 Å². The van der Waals surface area contributed by atoms with Gasteiger partial charge < -0.3 is 4.57 Å². The molecule has 2 amide bonds. The lowest BCUT2D eigenvalue weighted by atomic mass is 10.1. The number of nitrogens with one attached hydrogen (secondary N) is 2. The average molecular weight is 322 g/mol. The standard InChI is InChI=1S/C18H18N4O2/c1-11-6-7-15-13(9-11)10-14(12(2)19-15)17(23)20-21-18(24)16-5-4-8-22(16)3/h4-10H,1-3H3,(H,20,23)(H,21,24). The Morgan fingerprint density at radius 1 is 1.04 bits per heavy atom. The topological polar surface area (TPSA) is 76.0 Å². The normalized spacial score (nSPS) is 10.6. The maximum Gasteiger partial charge on any atom is 0.286 e. The number of hydrazine groups is 1. The fourth-order valence-corrected chi connectivity index (χ4v) is 2.56. The zero-order valence-corrected chi connectivity index (χ0v) is 13.8. The zero-order chi connectivity index (χ0) is 17.3. The maximum atomic E-state index is 12.4. The minimum absolute atomic E-state index is 0.377. The van der Waals surface area contributed by atoms with Crippen molar-refractivity contribution in [3.05, 3.63) is 65.1 Å². The molecule has 2 N–H and O–H groups in total. The van der Waals surface area contributed by atoms with Gasteiger partial charge in [0.05, 0.1) is 16.8 Å². The van der Waals surface area contributed by atoms with Crippen LogP contribution in [0.4, 0.5) is 0 Å². The van der Waals surface area contributed by atoms with Gasteiger partial charge in [0.1, 0.15) is 5.69 Å². The van der Waals surface area contributed by atoms with Gasteiger partial charge in [0.2, 0.25) is 0 Å². The van der Waals surface area contributed by atoms with Crippen molar-refractivity contribution in [3.63, 3.8) is 0 Å². The number of carbonyl (C=O) groups excluding carboxylic acids is 2. The molecular weight excluding hydrogens is 304 g/mol. The number of benzene rings is 1. The van der Waals surface area contributed by atoms with E-state index in [-0.39, 0.29) is 5.91 Å². The van der Waals surface area contributed by atoms with Crippen molar-refractivity contribution in [2.24, 2.45) is 7.05 Å². The molecule has 0 radical (unpaired) electrons. The predicted molar refractivity (Wildman–Crippen MR) is 91.6 cm³/mol. The first kappa shape index (κ1) is 15.7. The minimum atomic E-state index is -0.397. The van der Waals surface area contributed by atoms with E-state index in [9.17, 15) is 9.59 Å². The van der Waals surface area contributed by atoms with Gasteiger partial charge in [-0.1, -0.05) is 11.6 Å². The van der Waals surface area contributed by atoms with Crippen LogP contribution in [0.3, 0.4) is 0 Å². The summed E-state index contributed by atoms with van der Waals surface area (Å²) in [5.41, 5.74) is 8.29. The number of pyridine rings is 1. The molecule has 1 aromatic carbocycles. The van der Waals surface area contributed by atoms with Crippen molar-refractivity contribution in [1.29, 1.82) is 0 Å². The molecule has 0 atom stereocenters. The van der Waals surface area contributed by atoms with Crippen molar-refractivity contribution in [2.75, 3.05) is 0 Å². The van der Waals surface area contributed by atoms with E-state index < -0.39 is 5.91 Å². The third-order valence-electron chi connectivity index (χ3n) is 3.87. The molecule has 2 heterocycles. The molecule has 0 saturated heterocycles. The van der Waals surface area contributed by atoms with Crippen LogP contribution in [0.25, 0.3) is 10.9 Å². The summed E-state index contributed by atoms with van der Waals surface area (Å²) in [5, 5.41) is 0.888. The maximum absolute atomic E-state index is 12.4. The van der Waals surface area contributed by atoms with E-state index >= 15 is 0 Å². The summed E-state index contributed by atoms with van der Waals surface area (Å²) >= 11 is 0. The summed E-state index contributed by atoms with van der Waals surface area (Å²) in [4.78, 5) is 28.9. The Morgan fingerprint density at radius 3 is 2.50 bits per heavy atom. The Morgan fingerprint density at radius 2 is 1.79 bits per heavy atom. The van der Waals surface area contributed by atoms with Gasteiger partial charge in [-0.25, -0.2) is 0 Å². The lowest BCUT2D eigenvalue weighted by Crippen LogP contribution is -2.42. The van der Waals surface area contributed by atoms with Crippen molar-refractivity contribution < 1.29 is 9.59 Å². The SMILES string of the molecule is Cc1ccc2nc(C)c(C(=O)NNC(=O)c3cccn3C)cc2c1. The van der Waals surface area contributed by atoms with E-state index in [4.69, 9.17) is 0 Å². The highest BCUT2D eigenvalue weighted by atomic mass is 16.2. The van der Waals surface area contributed by atoms with Crippen molar-refractivity contribution in [2.45, 2.75) is 13.8 Å². The van der Waals surface area contributed by atoms with Crippen molar-refractivity contribution >= 4 is 22.7 Å². The van der Waals surface area contributed by atoms with Gasteiger partial charge in [-0.3, -0.25) is 25.4 Å². The summed E-state index contributed by atoms with van der Waals surface area (Å²) in [6.45, 7) is 3.76. The highest BCUT2D eigenvalue weighted by Crippen LogP contribution is 2.18. The first-order valence-corrected chi connectivity index (χ1v) is 7.56. The number of nitrogens with zero attached hydrogens (tertiary/aromatic N) is 2. The summed E-state index contributed by atoms with van der Waals surface area (Å²) < 4.78 is 1.67. The highest BCUT2D eigenvalue weighted by Gasteiger charge is 2.14. The molecule has 0 fully saturated rings. The molecule has 2 aromatic heterocycles. The third-order valence-corrected chi connectivity index (χ3v) is 3.87. The number of aryl methyl sites for hydroxylation is 3. The van der Waals surface area contributed by atoms with Crippen LogP contribution in [0.5, 0.6) is 0 Å². The molecular formula is C18H18N4O2. The molecule has 0 aliphatic carbocycles. The second-order valence-corrected chi connectivity index (χ2v) is 5.73. The molecule has 0 unspecified atom stereocenters. The van der Waals surface area contributed by atoms with Crippen LogP contribution in [0.15, 0.2) is 42.6 Å². The van der Waals surface area contributed by atoms with Crippen LogP contribution < -0.4 is 10.9 Å². The lowest BCUT2D eigenvalue weighted by Gasteiger charge is -2.10. The van der Waals surface area contributed by atoms with Crippen LogP contribution >= 0.6 is 0 Å². The third kappa shape index (κ3) is 2.99. The second-order valence-electron chi connectivity index (χ2n) is 5.73. The van der Waals surface area contributed by atoms with E-state index in [1.165, 1.54) is 0 Å². The predicted octanol–water partition coefficient (Wildman–Crippen LogP) is 2.26. The van der Waals surface area contributed by atoms with E-state index in [0.717, 1.165) is 16.5 Å². The molecule has 24 heavy (non-hydrogen) atoms. The average Bonchev–Trinajstić information content (AvgIpc) is 2.98. The quantitative estimate of drug-likeness (QED) is 0.711. The van der Waals surface area contributed by atoms with Gasteiger partial charge in [0.15, 0.2) is 0 Å². The second kappa shape index (κ2) is 6.16. The molecule has 0 bridgehead atoms. The molecule has 0 aliphatic rings. The largest absolute Gasteiger partial charge is 0.347 e. The van der Waals surface area contributed by atoms with E-state index in [0.29, 0.717) is 17.0 Å². The number of hydrogen-bond donors (Lipinski definition) is 2. The van der Waals surface area contributed by atoms with Gasteiger partial charge >= 0.3 is 0 Å². The number of aromatic nitrogens is 2. The number of hydrogen-bond acceptors (Lipinski definition) is 3.